The van der Waals surface area contributed by atoms with Gasteiger partial charge in [-0.25, -0.2) is 13.4 Å². The number of carbonyl (C=O) groups excluding carboxylic acids is 1. The molecule has 0 saturated carbocycles. The minimum Gasteiger partial charge on any atom is -0.356 e. The third kappa shape index (κ3) is 5.16. The molecule has 1 atom stereocenters. The van der Waals surface area contributed by atoms with Gasteiger partial charge in [-0.05, 0) is 71.4 Å². The number of piperidine rings is 2. The Hall–Kier alpha value is -3.14. The zero-order valence-corrected chi connectivity index (χ0v) is 22.9. The van der Waals surface area contributed by atoms with Gasteiger partial charge in [0.2, 0.25) is 10.0 Å². The van der Waals surface area contributed by atoms with Gasteiger partial charge in [0.1, 0.15) is 5.82 Å². The number of hydrogen-bond donors (Lipinski definition) is 1. The lowest BCUT2D eigenvalue weighted by Crippen LogP contribution is -2.39. The molecule has 0 aliphatic carbocycles. The number of aromatic nitrogens is 3. The molecule has 0 radical (unpaired) electrons. The van der Waals surface area contributed by atoms with Gasteiger partial charge in [0.15, 0.2) is 5.65 Å². The predicted octanol–water partition coefficient (Wildman–Crippen LogP) is 4.38. The van der Waals surface area contributed by atoms with Crippen LogP contribution in [0.4, 0.5) is 11.5 Å². The van der Waals surface area contributed by atoms with Crippen molar-refractivity contribution in [3.8, 4) is 0 Å². The maximum Gasteiger partial charge on any atom is 0.256 e. The summed E-state index contributed by atoms with van der Waals surface area (Å²) in [7, 11) is -3.53. The average Bonchev–Trinajstić information content (AvgIpc) is 3.28. The number of rotatable bonds is 5. The number of hydrogen-bond acceptors (Lipinski definition) is 6. The van der Waals surface area contributed by atoms with E-state index >= 15 is 0 Å². The Labute approximate surface area is 218 Å². The first kappa shape index (κ1) is 25.5. The van der Waals surface area contributed by atoms with Crippen LogP contribution in [-0.4, -0.2) is 59.7 Å². The molecule has 3 aromatic rings. The second-order valence-electron chi connectivity index (χ2n) is 10.5. The largest absolute Gasteiger partial charge is 0.356 e. The van der Waals surface area contributed by atoms with E-state index in [1.54, 1.807) is 18.2 Å². The number of sulfonamides is 1. The van der Waals surface area contributed by atoms with Gasteiger partial charge in [-0.3, -0.25) is 9.52 Å². The normalized spacial score (nSPS) is 18.9. The fourth-order valence-corrected chi connectivity index (χ4v) is 6.18. The number of likely N-dealkylation sites (tertiary alicyclic amines) is 1. The summed E-state index contributed by atoms with van der Waals surface area (Å²) in [6, 6.07) is 7.03. The molecular formula is C27H36N6O3S. The van der Waals surface area contributed by atoms with Crippen molar-refractivity contribution in [1.82, 2.24) is 19.5 Å². The average molecular weight is 525 g/mol. The van der Waals surface area contributed by atoms with Crippen LogP contribution in [0.3, 0.4) is 0 Å². The minimum absolute atomic E-state index is 0.187. The van der Waals surface area contributed by atoms with Crippen LogP contribution in [0.15, 0.2) is 24.3 Å². The molecule has 1 N–H and O–H groups in total. The molecule has 2 saturated heterocycles. The van der Waals surface area contributed by atoms with Crippen molar-refractivity contribution in [3.63, 3.8) is 0 Å². The summed E-state index contributed by atoms with van der Waals surface area (Å²) in [5, 5.41) is 5.05. The Morgan fingerprint density at radius 1 is 1.00 bits per heavy atom. The van der Waals surface area contributed by atoms with Gasteiger partial charge in [-0.2, -0.15) is 9.61 Å². The van der Waals surface area contributed by atoms with Crippen LogP contribution >= 0.6 is 0 Å². The standard InChI is InChI=1S/C27H36N6O3S/c1-18-11-12-22(30-37(4,35)36)21(16-18)27(34)32-15-9-6-10-24(32)23-17-25-28-20(3)19(2)26(33(25)29-23)31-13-7-5-8-14-31/h11-12,16-17,24,30H,5-10,13-15H2,1-4H3. The van der Waals surface area contributed by atoms with E-state index < -0.39 is 10.0 Å². The predicted molar refractivity (Wildman–Crippen MR) is 146 cm³/mol. The van der Waals surface area contributed by atoms with E-state index in [-0.39, 0.29) is 11.9 Å². The molecule has 2 fully saturated rings. The number of nitrogens with zero attached hydrogens (tertiary/aromatic N) is 5. The van der Waals surface area contributed by atoms with Crippen molar-refractivity contribution in [2.24, 2.45) is 0 Å². The van der Waals surface area contributed by atoms with Gasteiger partial charge in [-0.15, -0.1) is 0 Å². The van der Waals surface area contributed by atoms with Crippen LogP contribution < -0.4 is 9.62 Å². The smallest absolute Gasteiger partial charge is 0.256 e. The van der Waals surface area contributed by atoms with Crippen LogP contribution in [0.1, 0.15) is 77.4 Å². The highest BCUT2D eigenvalue weighted by atomic mass is 32.2. The highest BCUT2D eigenvalue weighted by molar-refractivity contribution is 7.92. The first-order chi connectivity index (χ1) is 17.6. The van der Waals surface area contributed by atoms with Gasteiger partial charge in [0.05, 0.1) is 29.2 Å². The maximum absolute atomic E-state index is 13.9. The molecule has 1 aromatic carbocycles. The van der Waals surface area contributed by atoms with Crippen LogP contribution in [-0.2, 0) is 10.0 Å². The number of anilines is 2. The third-order valence-corrected chi connectivity index (χ3v) is 8.12. The van der Waals surface area contributed by atoms with Gasteiger partial charge < -0.3 is 9.80 Å². The summed E-state index contributed by atoms with van der Waals surface area (Å²) in [6.45, 7) is 8.65. The SMILES string of the molecule is Cc1ccc(NS(C)(=O)=O)c(C(=O)N2CCCCC2c2cc3nc(C)c(C)c(N4CCCCC4)n3n2)c1. The molecule has 5 rings (SSSR count). The maximum atomic E-state index is 13.9. The van der Waals surface area contributed by atoms with Crippen molar-refractivity contribution in [2.75, 3.05) is 35.5 Å². The lowest BCUT2D eigenvalue weighted by molar-refractivity contribution is 0.0606. The molecule has 198 valence electrons. The molecule has 0 spiro atoms. The van der Waals surface area contributed by atoms with Crippen molar-refractivity contribution in [1.29, 1.82) is 0 Å². The molecule has 10 heteroatoms. The first-order valence-electron chi connectivity index (χ1n) is 13.1. The summed E-state index contributed by atoms with van der Waals surface area (Å²) in [6.07, 6.45) is 7.37. The summed E-state index contributed by atoms with van der Waals surface area (Å²) < 4.78 is 28.4. The fourth-order valence-electron chi connectivity index (χ4n) is 5.60. The Morgan fingerprint density at radius 3 is 2.46 bits per heavy atom. The molecule has 37 heavy (non-hydrogen) atoms. The molecule has 4 heterocycles. The van der Waals surface area contributed by atoms with Crippen molar-refractivity contribution >= 4 is 33.1 Å². The van der Waals surface area contributed by atoms with E-state index in [4.69, 9.17) is 10.1 Å². The van der Waals surface area contributed by atoms with Crippen LogP contribution in [0.2, 0.25) is 0 Å². The Bertz CT molecular complexity index is 1440. The van der Waals surface area contributed by atoms with Crippen molar-refractivity contribution < 1.29 is 13.2 Å². The summed E-state index contributed by atoms with van der Waals surface area (Å²) in [5.74, 6) is 0.911. The number of benzene rings is 1. The van der Waals surface area contributed by atoms with E-state index in [9.17, 15) is 13.2 Å². The number of nitrogens with one attached hydrogen (secondary N) is 1. The van der Waals surface area contributed by atoms with Crippen molar-refractivity contribution in [3.05, 3.63) is 52.3 Å². The van der Waals surface area contributed by atoms with E-state index in [1.165, 1.54) is 19.3 Å². The zero-order chi connectivity index (χ0) is 26.3. The van der Waals surface area contributed by atoms with Crippen molar-refractivity contribution in [2.45, 2.75) is 65.3 Å². The number of aryl methyl sites for hydroxylation is 2. The molecule has 9 nitrogen and oxygen atoms in total. The highest BCUT2D eigenvalue weighted by Crippen LogP contribution is 2.35. The highest BCUT2D eigenvalue weighted by Gasteiger charge is 2.33. The monoisotopic (exact) mass is 524 g/mol. The number of amides is 1. The van der Waals surface area contributed by atoms with E-state index in [0.29, 0.717) is 17.8 Å². The lowest BCUT2D eigenvalue weighted by atomic mass is 9.97. The summed E-state index contributed by atoms with van der Waals surface area (Å²) in [5.41, 5.74) is 5.31. The van der Waals surface area contributed by atoms with Crippen LogP contribution in [0.25, 0.3) is 5.65 Å². The molecular weight excluding hydrogens is 488 g/mol. The van der Waals surface area contributed by atoms with E-state index in [1.807, 2.05) is 29.3 Å². The van der Waals surface area contributed by atoms with E-state index in [2.05, 4.69) is 16.5 Å². The van der Waals surface area contributed by atoms with Crippen LogP contribution in [0, 0.1) is 20.8 Å². The Morgan fingerprint density at radius 2 is 1.73 bits per heavy atom. The second kappa shape index (κ2) is 9.96. The van der Waals surface area contributed by atoms with Crippen LogP contribution in [0.5, 0.6) is 0 Å². The Balaban J connectivity index is 1.55. The number of fused-ring (bicyclic) bond motifs is 1. The van der Waals surface area contributed by atoms with Gasteiger partial charge in [0.25, 0.3) is 5.91 Å². The Kier molecular flexibility index (Phi) is 6.87. The van der Waals surface area contributed by atoms with E-state index in [0.717, 1.165) is 72.6 Å². The molecule has 2 aliphatic heterocycles. The summed E-state index contributed by atoms with van der Waals surface area (Å²) in [4.78, 5) is 23.0. The number of carbonyl (C=O) groups is 1. The quantitative estimate of drug-likeness (QED) is 0.532. The van der Waals surface area contributed by atoms with Gasteiger partial charge in [0, 0.05) is 37.0 Å². The van der Waals surface area contributed by atoms with Gasteiger partial charge in [-0.1, -0.05) is 11.6 Å². The molecule has 2 aliphatic rings. The molecule has 1 unspecified atom stereocenters. The van der Waals surface area contributed by atoms with Gasteiger partial charge >= 0.3 is 0 Å². The molecule has 1 amide bonds. The minimum atomic E-state index is -3.53. The summed E-state index contributed by atoms with van der Waals surface area (Å²) >= 11 is 0. The molecule has 0 bridgehead atoms. The second-order valence-corrected chi connectivity index (χ2v) is 12.2. The first-order valence-corrected chi connectivity index (χ1v) is 15.0. The zero-order valence-electron chi connectivity index (χ0n) is 22.1. The fraction of sp³-hybridized carbons (Fsp3) is 0.519. The molecule has 2 aromatic heterocycles. The lowest BCUT2D eigenvalue weighted by Gasteiger charge is -2.35. The topological polar surface area (TPSA) is 99.9 Å². The third-order valence-electron chi connectivity index (χ3n) is 7.53.